The number of nitrogens with one attached hydrogen (secondary N) is 1. The lowest BCUT2D eigenvalue weighted by atomic mass is 10.4. The van der Waals surface area contributed by atoms with Gasteiger partial charge in [-0.1, -0.05) is 6.92 Å². The number of nitrogens with zero attached hydrogens (tertiary/aromatic N) is 2. The molecule has 19 heavy (non-hydrogen) atoms. The van der Waals surface area contributed by atoms with Gasteiger partial charge in [0.25, 0.3) is 5.69 Å². The van der Waals surface area contributed by atoms with Crippen LogP contribution in [0.2, 0.25) is 0 Å². The van der Waals surface area contributed by atoms with Crippen molar-refractivity contribution in [2.75, 3.05) is 31.3 Å². The van der Waals surface area contributed by atoms with E-state index in [1.165, 1.54) is 23.9 Å². The second-order valence-corrected chi connectivity index (χ2v) is 5.04. The van der Waals surface area contributed by atoms with E-state index in [2.05, 4.69) is 10.3 Å². The van der Waals surface area contributed by atoms with Crippen molar-refractivity contribution in [3.63, 3.8) is 0 Å². The van der Waals surface area contributed by atoms with Gasteiger partial charge < -0.3 is 10.1 Å². The first kappa shape index (κ1) is 15.7. The Bertz CT molecular complexity index is 415. The van der Waals surface area contributed by atoms with Crippen LogP contribution in [0.5, 0.6) is 0 Å². The van der Waals surface area contributed by atoms with Crippen LogP contribution in [0.1, 0.15) is 19.8 Å². The summed E-state index contributed by atoms with van der Waals surface area (Å²) in [7, 11) is 1.66. The van der Waals surface area contributed by atoms with Crippen LogP contribution in [0.3, 0.4) is 0 Å². The number of thioether (sulfide) groups is 1. The lowest BCUT2D eigenvalue weighted by Crippen LogP contribution is -2.03. The number of anilines is 1. The third-order valence-electron chi connectivity index (χ3n) is 2.30. The smallest absolute Gasteiger partial charge is 0.275 e. The monoisotopic (exact) mass is 285 g/mol. The fraction of sp³-hybridized carbons (Fsp3) is 0.583. The lowest BCUT2D eigenvalue weighted by Gasteiger charge is -2.06. The SMILES string of the molecule is CCCNc1cc([N+](=O)[O-])cc(SCCCOC)n1. The molecule has 1 N–H and O–H groups in total. The minimum Gasteiger partial charge on any atom is -0.385 e. The minimum atomic E-state index is -0.391. The molecule has 1 aromatic rings. The molecule has 0 aliphatic carbocycles. The average molecular weight is 285 g/mol. The first-order valence-electron chi connectivity index (χ1n) is 6.19. The Balaban J connectivity index is 2.72. The van der Waals surface area contributed by atoms with Gasteiger partial charge in [-0.3, -0.25) is 10.1 Å². The molecule has 0 amide bonds. The zero-order valence-electron chi connectivity index (χ0n) is 11.2. The van der Waals surface area contributed by atoms with Gasteiger partial charge in [-0.05, 0) is 12.8 Å². The fourth-order valence-corrected chi connectivity index (χ4v) is 2.23. The highest BCUT2D eigenvalue weighted by molar-refractivity contribution is 7.99. The zero-order valence-corrected chi connectivity index (χ0v) is 12.0. The maximum absolute atomic E-state index is 10.9. The van der Waals surface area contributed by atoms with Crippen LogP contribution in [0.15, 0.2) is 17.2 Å². The average Bonchev–Trinajstić information content (AvgIpc) is 2.41. The van der Waals surface area contributed by atoms with Crippen molar-refractivity contribution in [3.05, 3.63) is 22.2 Å². The van der Waals surface area contributed by atoms with Crippen molar-refractivity contribution in [3.8, 4) is 0 Å². The summed E-state index contributed by atoms with van der Waals surface area (Å²) in [5, 5.41) is 14.6. The Hall–Kier alpha value is -1.34. The molecule has 0 radical (unpaired) electrons. The van der Waals surface area contributed by atoms with Crippen LogP contribution < -0.4 is 5.32 Å². The molecule has 0 aliphatic rings. The molecule has 0 atom stereocenters. The molecule has 6 nitrogen and oxygen atoms in total. The second-order valence-electron chi connectivity index (χ2n) is 3.93. The van der Waals surface area contributed by atoms with Gasteiger partial charge in [0, 0.05) is 32.1 Å². The topological polar surface area (TPSA) is 77.3 Å². The largest absolute Gasteiger partial charge is 0.385 e. The molecule has 0 saturated carbocycles. The van der Waals surface area contributed by atoms with E-state index in [0.29, 0.717) is 17.5 Å². The molecule has 7 heteroatoms. The van der Waals surface area contributed by atoms with E-state index in [0.717, 1.165) is 25.1 Å². The third kappa shape index (κ3) is 5.89. The van der Waals surface area contributed by atoms with Gasteiger partial charge in [0.05, 0.1) is 11.0 Å². The van der Waals surface area contributed by atoms with Crippen molar-refractivity contribution in [1.82, 2.24) is 4.98 Å². The first-order valence-corrected chi connectivity index (χ1v) is 7.18. The predicted molar refractivity (Wildman–Crippen MR) is 76.9 cm³/mol. The molecular formula is C12H19N3O3S. The van der Waals surface area contributed by atoms with Crippen LogP contribution in [0.25, 0.3) is 0 Å². The van der Waals surface area contributed by atoms with E-state index in [-0.39, 0.29) is 5.69 Å². The number of pyridine rings is 1. The van der Waals surface area contributed by atoms with E-state index in [1.54, 1.807) is 7.11 Å². The Kier molecular flexibility index (Phi) is 7.20. The number of hydrogen-bond donors (Lipinski definition) is 1. The normalized spacial score (nSPS) is 10.4. The molecule has 0 fully saturated rings. The predicted octanol–water partition coefficient (Wildman–Crippen LogP) is 2.94. The van der Waals surface area contributed by atoms with E-state index >= 15 is 0 Å². The van der Waals surface area contributed by atoms with Crippen molar-refractivity contribution < 1.29 is 9.66 Å². The molecule has 106 valence electrons. The maximum atomic E-state index is 10.9. The number of rotatable bonds is 9. The standard InChI is InChI=1S/C12H19N3O3S/c1-3-5-13-11-8-10(15(16)17)9-12(14-11)19-7-4-6-18-2/h8-9H,3-7H2,1-2H3,(H,13,14). The lowest BCUT2D eigenvalue weighted by molar-refractivity contribution is -0.385. The molecule has 0 aromatic carbocycles. The summed E-state index contributed by atoms with van der Waals surface area (Å²) in [6.07, 6.45) is 1.84. The number of nitro groups is 1. The van der Waals surface area contributed by atoms with Crippen LogP contribution in [0, 0.1) is 10.1 Å². The molecule has 1 rings (SSSR count). The van der Waals surface area contributed by atoms with Crippen molar-refractivity contribution in [2.45, 2.75) is 24.8 Å². The molecule has 0 bridgehead atoms. The zero-order chi connectivity index (χ0) is 14.1. The highest BCUT2D eigenvalue weighted by Gasteiger charge is 2.11. The summed E-state index contributed by atoms with van der Waals surface area (Å²) in [6, 6.07) is 2.98. The highest BCUT2D eigenvalue weighted by atomic mass is 32.2. The van der Waals surface area contributed by atoms with Gasteiger partial charge in [-0.15, -0.1) is 11.8 Å². The summed E-state index contributed by atoms with van der Waals surface area (Å²) < 4.78 is 4.96. The van der Waals surface area contributed by atoms with Gasteiger partial charge in [0.2, 0.25) is 0 Å². The summed E-state index contributed by atoms with van der Waals surface area (Å²) in [6.45, 7) is 3.47. The molecule has 0 unspecified atom stereocenters. The van der Waals surface area contributed by atoms with Gasteiger partial charge in [-0.2, -0.15) is 0 Å². The highest BCUT2D eigenvalue weighted by Crippen LogP contribution is 2.25. The summed E-state index contributed by atoms with van der Waals surface area (Å²) in [4.78, 5) is 14.8. The van der Waals surface area contributed by atoms with Gasteiger partial charge in [0.15, 0.2) is 0 Å². The van der Waals surface area contributed by atoms with Crippen molar-refractivity contribution in [1.29, 1.82) is 0 Å². The third-order valence-corrected chi connectivity index (χ3v) is 3.29. The van der Waals surface area contributed by atoms with Crippen LogP contribution >= 0.6 is 11.8 Å². The van der Waals surface area contributed by atoms with Crippen LogP contribution in [-0.4, -0.2) is 35.9 Å². The first-order chi connectivity index (χ1) is 9.17. The minimum absolute atomic E-state index is 0.0721. The second kappa shape index (κ2) is 8.71. The number of aromatic nitrogens is 1. The Morgan fingerprint density at radius 1 is 1.53 bits per heavy atom. The van der Waals surface area contributed by atoms with Gasteiger partial charge in [0.1, 0.15) is 10.8 Å². The molecule has 0 spiro atoms. The van der Waals surface area contributed by atoms with E-state index in [9.17, 15) is 10.1 Å². The van der Waals surface area contributed by atoms with Crippen LogP contribution in [0.4, 0.5) is 11.5 Å². The molecule has 1 aromatic heterocycles. The van der Waals surface area contributed by atoms with Crippen molar-refractivity contribution >= 4 is 23.3 Å². The maximum Gasteiger partial charge on any atom is 0.275 e. The number of hydrogen-bond acceptors (Lipinski definition) is 6. The van der Waals surface area contributed by atoms with E-state index in [1.807, 2.05) is 6.92 Å². The molecule has 1 heterocycles. The van der Waals surface area contributed by atoms with Gasteiger partial charge in [-0.25, -0.2) is 4.98 Å². The number of ether oxygens (including phenoxy) is 1. The molecular weight excluding hydrogens is 266 g/mol. The van der Waals surface area contributed by atoms with Gasteiger partial charge >= 0.3 is 0 Å². The quantitative estimate of drug-likeness (QED) is 0.325. The summed E-state index contributed by atoms with van der Waals surface area (Å²) in [5.41, 5.74) is 0.0721. The summed E-state index contributed by atoms with van der Waals surface area (Å²) >= 11 is 1.50. The Morgan fingerprint density at radius 2 is 2.32 bits per heavy atom. The summed E-state index contributed by atoms with van der Waals surface area (Å²) in [5.74, 6) is 1.39. The fourth-order valence-electron chi connectivity index (χ4n) is 1.39. The van der Waals surface area contributed by atoms with E-state index in [4.69, 9.17) is 4.74 Å². The van der Waals surface area contributed by atoms with Crippen molar-refractivity contribution in [2.24, 2.45) is 0 Å². The van der Waals surface area contributed by atoms with E-state index < -0.39 is 4.92 Å². The molecule has 0 aliphatic heterocycles. The Morgan fingerprint density at radius 3 is 2.95 bits per heavy atom. The van der Waals surface area contributed by atoms with Crippen LogP contribution in [-0.2, 0) is 4.74 Å². The number of methoxy groups -OCH3 is 1. The Labute approximate surface area is 117 Å². The molecule has 0 saturated heterocycles.